The van der Waals surface area contributed by atoms with Crippen LogP contribution in [0, 0.1) is 0 Å². The van der Waals surface area contributed by atoms with E-state index in [0.29, 0.717) is 6.04 Å². The molecular formula is C13H17NO3S. The van der Waals surface area contributed by atoms with E-state index in [0.717, 1.165) is 43.5 Å². The molecular weight excluding hydrogens is 250 g/mol. The van der Waals surface area contributed by atoms with Gasteiger partial charge in [0.2, 0.25) is 0 Å². The van der Waals surface area contributed by atoms with Crippen LogP contribution in [0.25, 0.3) is 0 Å². The van der Waals surface area contributed by atoms with Gasteiger partial charge in [-0.2, -0.15) is 8.42 Å². The second kappa shape index (κ2) is 3.96. The zero-order valence-electron chi connectivity index (χ0n) is 10.4. The molecule has 0 aromatic heterocycles. The smallest absolute Gasteiger partial charge is 0.294 e. The van der Waals surface area contributed by atoms with Gasteiger partial charge in [0.15, 0.2) is 0 Å². The zero-order valence-corrected chi connectivity index (χ0v) is 11.2. The average Bonchev–Trinajstić information content (AvgIpc) is 2.32. The maximum Gasteiger partial charge on any atom is 0.294 e. The second-order valence-electron chi connectivity index (χ2n) is 5.21. The van der Waals surface area contributed by atoms with Gasteiger partial charge in [0.05, 0.1) is 4.90 Å². The topological polar surface area (TPSA) is 57.6 Å². The van der Waals surface area contributed by atoms with Crippen LogP contribution in [0.4, 0.5) is 5.69 Å². The lowest BCUT2D eigenvalue weighted by atomic mass is 9.89. The summed E-state index contributed by atoms with van der Waals surface area (Å²) in [7, 11) is -4.11. The van der Waals surface area contributed by atoms with Crippen LogP contribution in [-0.4, -0.2) is 25.6 Å². The van der Waals surface area contributed by atoms with Crippen LogP contribution in [0.3, 0.4) is 0 Å². The Balaban J connectivity index is 2.26. The van der Waals surface area contributed by atoms with Crippen LogP contribution in [0.15, 0.2) is 17.0 Å². The van der Waals surface area contributed by atoms with Gasteiger partial charge in [0.1, 0.15) is 0 Å². The molecule has 2 aliphatic heterocycles. The quantitative estimate of drug-likeness (QED) is 0.791. The standard InChI is InChI=1S/C13H17NO3S/c1-9-4-6-11-12(18(15,16)17)7-5-10-3-2-8-14(9)13(10)11/h5,7,9H,2-4,6,8H2,1H3,(H,15,16,17). The Hall–Kier alpha value is -1.07. The van der Waals surface area contributed by atoms with E-state index in [4.69, 9.17) is 0 Å². The zero-order chi connectivity index (χ0) is 12.9. The molecule has 98 valence electrons. The number of aryl methyl sites for hydroxylation is 1. The number of hydrogen-bond donors (Lipinski definition) is 1. The van der Waals surface area contributed by atoms with Crippen LogP contribution in [0.5, 0.6) is 0 Å². The molecule has 5 heteroatoms. The van der Waals surface area contributed by atoms with E-state index in [1.807, 2.05) is 6.07 Å². The Morgan fingerprint density at radius 2 is 2.11 bits per heavy atom. The summed E-state index contributed by atoms with van der Waals surface area (Å²) in [6, 6.07) is 3.86. The average molecular weight is 267 g/mol. The fourth-order valence-corrected chi connectivity index (χ4v) is 3.96. The first-order chi connectivity index (χ1) is 8.48. The molecule has 1 unspecified atom stereocenters. The molecule has 1 aromatic rings. The highest BCUT2D eigenvalue weighted by atomic mass is 32.2. The van der Waals surface area contributed by atoms with Crippen LogP contribution in [0.1, 0.15) is 30.9 Å². The monoisotopic (exact) mass is 267 g/mol. The van der Waals surface area contributed by atoms with Crippen molar-refractivity contribution in [2.24, 2.45) is 0 Å². The summed E-state index contributed by atoms with van der Waals surface area (Å²) in [6.45, 7) is 3.16. The molecule has 2 aliphatic rings. The number of anilines is 1. The molecule has 18 heavy (non-hydrogen) atoms. The Kier molecular flexibility index (Phi) is 2.64. The van der Waals surface area contributed by atoms with E-state index in [1.54, 1.807) is 6.07 Å². The maximum atomic E-state index is 11.4. The molecule has 1 aromatic carbocycles. The first-order valence-electron chi connectivity index (χ1n) is 6.37. The van der Waals surface area contributed by atoms with Crippen molar-refractivity contribution in [2.75, 3.05) is 11.4 Å². The summed E-state index contributed by atoms with van der Waals surface area (Å²) in [5.74, 6) is 0. The van der Waals surface area contributed by atoms with Gasteiger partial charge in [-0.25, -0.2) is 0 Å². The molecule has 0 saturated heterocycles. The summed E-state index contributed by atoms with van der Waals surface area (Å²) in [5, 5.41) is 0. The van der Waals surface area contributed by atoms with Gasteiger partial charge in [-0.3, -0.25) is 4.55 Å². The van der Waals surface area contributed by atoms with Crippen LogP contribution < -0.4 is 4.90 Å². The summed E-state index contributed by atoms with van der Waals surface area (Å²) < 4.78 is 32.2. The summed E-state index contributed by atoms with van der Waals surface area (Å²) in [6.07, 6.45) is 3.79. The lowest BCUT2D eigenvalue weighted by molar-refractivity contribution is 0.478. The number of nitrogens with zero attached hydrogens (tertiary/aromatic N) is 1. The molecule has 0 amide bonds. The third-order valence-electron chi connectivity index (χ3n) is 4.08. The summed E-state index contributed by atoms with van der Waals surface area (Å²) >= 11 is 0. The van der Waals surface area contributed by atoms with Crippen LogP contribution >= 0.6 is 0 Å². The minimum absolute atomic E-state index is 0.0973. The molecule has 0 spiro atoms. The van der Waals surface area contributed by atoms with Gasteiger partial charge in [-0.05, 0) is 49.8 Å². The number of rotatable bonds is 1. The Morgan fingerprint density at radius 3 is 2.83 bits per heavy atom. The van der Waals surface area contributed by atoms with Crippen molar-refractivity contribution in [3.8, 4) is 0 Å². The Morgan fingerprint density at radius 1 is 1.33 bits per heavy atom. The third-order valence-corrected chi connectivity index (χ3v) is 5.02. The third kappa shape index (κ3) is 1.73. The minimum Gasteiger partial charge on any atom is -0.368 e. The fraction of sp³-hybridized carbons (Fsp3) is 0.538. The Bertz CT molecular complexity index is 594. The predicted octanol–water partition coefficient (Wildman–Crippen LogP) is 2.02. The summed E-state index contributed by atoms with van der Waals surface area (Å²) in [4.78, 5) is 2.40. The maximum absolute atomic E-state index is 11.4. The fourth-order valence-electron chi connectivity index (χ4n) is 3.21. The normalized spacial score (nSPS) is 22.8. The van der Waals surface area contributed by atoms with Gasteiger partial charge >= 0.3 is 0 Å². The first kappa shape index (κ1) is 12.0. The van der Waals surface area contributed by atoms with Crippen molar-refractivity contribution in [2.45, 2.75) is 43.5 Å². The van der Waals surface area contributed by atoms with Gasteiger partial charge in [-0.15, -0.1) is 0 Å². The molecule has 0 radical (unpaired) electrons. The molecule has 3 rings (SSSR count). The van der Waals surface area contributed by atoms with Crippen molar-refractivity contribution >= 4 is 15.8 Å². The minimum atomic E-state index is -4.11. The largest absolute Gasteiger partial charge is 0.368 e. The van der Waals surface area contributed by atoms with E-state index < -0.39 is 10.1 Å². The Labute approximate surface area is 107 Å². The molecule has 0 fully saturated rings. The van der Waals surface area contributed by atoms with Gasteiger partial charge in [0, 0.05) is 18.3 Å². The SMILES string of the molecule is CC1CCc2c(S(=O)(=O)O)ccc3c2N1CCC3. The molecule has 1 atom stereocenters. The van der Waals surface area contributed by atoms with E-state index in [1.165, 1.54) is 5.56 Å². The lowest BCUT2D eigenvalue weighted by Gasteiger charge is -2.42. The molecule has 0 saturated carbocycles. The molecule has 0 aliphatic carbocycles. The molecule has 4 nitrogen and oxygen atoms in total. The van der Waals surface area contributed by atoms with E-state index in [-0.39, 0.29) is 4.90 Å². The van der Waals surface area contributed by atoms with E-state index in [2.05, 4.69) is 11.8 Å². The van der Waals surface area contributed by atoms with Crippen molar-refractivity contribution < 1.29 is 13.0 Å². The second-order valence-corrected chi connectivity index (χ2v) is 6.60. The van der Waals surface area contributed by atoms with E-state index in [9.17, 15) is 13.0 Å². The van der Waals surface area contributed by atoms with Crippen molar-refractivity contribution in [3.63, 3.8) is 0 Å². The molecule has 2 heterocycles. The molecule has 1 N–H and O–H groups in total. The van der Waals surface area contributed by atoms with Crippen LogP contribution in [0.2, 0.25) is 0 Å². The first-order valence-corrected chi connectivity index (χ1v) is 7.81. The summed E-state index contributed by atoms with van der Waals surface area (Å²) in [5.41, 5.74) is 3.10. The van der Waals surface area contributed by atoms with Gasteiger partial charge in [-0.1, -0.05) is 6.07 Å². The van der Waals surface area contributed by atoms with Crippen molar-refractivity contribution in [3.05, 3.63) is 23.3 Å². The number of hydrogen-bond acceptors (Lipinski definition) is 3. The van der Waals surface area contributed by atoms with Crippen molar-refractivity contribution in [1.82, 2.24) is 0 Å². The van der Waals surface area contributed by atoms with E-state index >= 15 is 0 Å². The number of benzene rings is 1. The lowest BCUT2D eigenvalue weighted by Crippen LogP contribution is -2.41. The van der Waals surface area contributed by atoms with Crippen LogP contribution in [-0.2, 0) is 23.0 Å². The predicted molar refractivity (Wildman–Crippen MR) is 69.7 cm³/mol. The highest BCUT2D eigenvalue weighted by Gasteiger charge is 2.32. The van der Waals surface area contributed by atoms with Gasteiger partial charge < -0.3 is 4.90 Å². The van der Waals surface area contributed by atoms with Crippen molar-refractivity contribution in [1.29, 1.82) is 0 Å². The molecule has 0 bridgehead atoms. The highest BCUT2D eigenvalue weighted by Crippen LogP contribution is 2.40. The highest BCUT2D eigenvalue weighted by molar-refractivity contribution is 7.85. The van der Waals surface area contributed by atoms with Gasteiger partial charge in [0.25, 0.3) is 10.1 Å².